The first kappa shape index (κ1) is 17.2. The molecule has 1 N–H and O–H groups in total. The summed E-state index contributed by atoms with van der Waals surface area (Å²) in [5.41, 5.74) is 1.03. The molecule has 6 nitrogen and oxygen atoms in total. The molecule has 0 radical (unpaired) electrons. The molecule has 0 saturated carbocycles. The van der Waals surface area contributed by atoms with Crippen molar-refractivity contribution in [3.05, 3.63) is 29.7 Å². The number of carbonyl (C=O) groups is 2. The van der Waals surface area contributed by atoms with E-state index in [0.717, 1.165) is 6.42 Å². The zero-order valence-corrected chi connectivity index (χ0v) is 14.2. The fraction of sp³-hybridized carbons (Fsp3) is 0.375. The highest BCUT2D eigenvalue weighted by Gasteiger charge is 2.18. The van der Waals surface area contributed by atoms with Crippen LogP contribution in [0.1, 0.15) is 36.3 Å². The van der Waals surface area contributed by atoms with Crippen LogP contribution in [-0.2, 0) is 4.79 Å². The van der Waals surface area contributed by atoms with Crippen LogP contribution in [0.3, 0.4) is 0 Å². The number of hydrogen-bond acceptors (Lipinski definition) is 6. The van der Waals surface area contributed by atoms with Crippen molar-refractivity contribution in [3.8, 4) is 11.6 Å². The Balaban J connectivity index is 2.28. The number of hydrogen-bond donors (Lipinski definition) is 1. The van der Waals surface area contributed by atoms with Gasteiger partial charge < -0.3 is 9.73 Å². The van der Waals surface area contributed by atoms with Crippen LogP contribution < -0.4 is 5.32 Å². The number of carbonyl (C=O) groups excluding carboxylic acids is 2. The topological polar surface area (TPSA) is 85.1 Å². The Kier molecular flexibility index (Phi) is 5.92. The van der Waals surface area contributed by atoms with Crippen molar-refractivity contribution in [2.45, 2.75) is 32.2 Å². The summed E-state index contributed by atoms with van der Waals surface area (Å²) in [7, 11) is 0. The minimum atomic E-state index is -0.120. The molecule has 1 amide bonds. The molecule has 2 aromatic rings. The van der Waals surface area contributed by atoms with Gasteiger partial charge in [-0.05, 0) is 32.4 Å². The summed E-state index contributed by atoms with van der Waals surface area (Å²) in [5.74, 6) is 0.940. The molecule has 0 aliphatic rings. The smallest absolute Gasteiger partial charge is 0.230 e. The zero-order chi connectivity index (χ0) is 16.8. The number of nitrogens with zero attached hydrogens (tertiary/aromatic N) is 2. The average Bonchev–Trinajstić information content (AvgIpc) is 3.04. The minimum absolute atomic E-state index is 0.0813. The standard InChI is InChI=1S/C16H19N3O3S/c1-4-7-17-13(21)9-23-16-14(11(3)20)10(2)18-15(19-16)12-6-5-8-22-12/h5-6,8H,4,7,9H2,1-3H3,(H,17,21). The molecule has 0 aliphatic carbocycles. The first-order chi connectivity index (χ1) is 11.0. The lowest BCUT2D eigenvalue weighted by Gasteiger charge is -2.10. The second-order valence-corrected chi connectivity index (χ2v) is 5.95. The van der Waals surface area contributed by atoms with Crippen molar-refractivity contribution in [1.82, 2.24) is 15.3 Å². The van der Waals surface area contributed by atoms with Crippen LogP contribution in [0.5, 0.6) is 0 Å². The number of aromatic nitrogens is 2. The van der Waals surface area contributed by atoms with Crippen molar-refractivity contribution in [2.24, 2.45) is 0 Å². The van der Waals surface area contributed by atoms with Crippen LogP contribution in [0.25, 0.3) is 11.6 Å². The van der Waals surface area contributed by atoms with E-state index in [-0.39, 0.29) is 17.4 Å². The lowest BCUT2D eigenvalue weighted by Crippen LogP contribution is -2.25. The number of amides is 1. The summed E-state index contributed by atoms with van der Waals surface area (Å²) < 4.78 is 5.31. The molecule has 2 heterocycles. The van der Waals surface area contributed by atoms with E-state index in [1.807, 2.05) is 6.92 Å². The third-order valence-corrected chi connectivity index (χ3v) is 4.04. The highest BCUT2D eigenvalue weighted by Crippen LogP contribution is 2.26. The van der Waals surface area contributed by atoms with Gasteiger partial charge in [-0.25, -0.2) is 9.97 Å². The molecule has 2 rings (SSSR count). The lowest BCUT2D eigenvalue weighted by atomic mass is 10.2. The number of furan rings is 1. The maximum atomic E-state index is 11.9. The summed E-state index contributed by atoms with van der Waals surface area (Å²) in [4.78, 5) is 32.4. The molecule has 0 spiro atoms. The third kappa shape index (κ3) is 4.41. The molecule has 0 atom stereocenters. The van der Waals surface area contributed by atoms with Crippen LogP contribution >= 0.6 is 11.8 Å². The number of rotatable bonds is 7. The zero-order valence-electron chi connectivity index (χ0n) is 13.4. The van der Waals surface area contributed by atoms with Gasteiger partial charge in [0.2, 0.25) is 5.91 Å². The van der Waals surface area contributed by atoms with E-state index < -0.39 is 0 Å². The van der Waals surface area contributed by atoms with Crippen LogP contribution in [-0.4, -0.2) is 34.0 Å². The summed E-state index contributed by atoms with van der Waals surface area (Å²) in [5, 5.41) is 3.30. The first-order valence-electron chi connectivity index (χ1n) is 7.35. The van der Waals surface area contributed by atoms with Crippen molar-refractivity contribution < 1.29 is 14.0 Å². The molecule has 2 aromatic heterocycles. The van der Waals surface area contributed by atoms with Gasteiger partial charge in [-0.2, -0.15) is 0 Å². The molecule has 0 unspecified atom stereocenters. The Morgan fingerprint density at radius 1 is 1.35 bits per heavy atom. The Labute approximate surface area is 139 Å². The fourth-order valence-corrected chi connectivity index (χ4v) is 2.98. The third-order valence-electron chi connectivity index (χ3n) is 3.06. The van der Waals surface area contributed by atoms with Crippen molar-refractivity contribution in [1.29, 1.82) is 0 Å². The molecule has 0 saturated heterocycles. The molecular weight excluding hydrogens is 314 g/mol. The number of aryl methyl sites for hydroxylation is 1. The Morgan fingerprint density at radius 3 is 2.74 bits per heavy atom. The van der Waals surface area contributed by atoms with Gasteiger partial charge >= 0.3 is 0 Å². The molecule has 0 aromatic carbocycles. The quantitative estimate of drug-likeness (QED) is 0.476. The summed E-state index contributed by atoms with van der Waals surface area (Å²) in [6.07, 6.45) is 2.42. The largest absolute Gasteiger partial charge is 0.461 e. The van der Waals surface area contributed by atoms with Crippen molar-refractivity contribution >= 4 is 23.5 Å². The number of ketones is 1. The highest BCUT2D eigenvalue weighted by molar-refractivity contribution is 8.00. The summed E-state index contributed by atoms with van der Waals surface area (Å²) in [6.45, 7) is 5.86. The normalized spacial score (nSPS) is 10.6. The van der Waals surface area contributed by atoms with E-state index in [1.165, 1.54) is 24.9 Å². The molecule has 0 aliphatic heterocycles. The Bertz CT molecular complexity index is 699. The highest BCUT2D eigenvalue weighted by atomic mass is 32.2. The number of thioether (sulfide) groups is 1. The van der Waals surface area contributed by atoms with E-state index in [9.17, 15) is 9.59 Å². The van der Waals surface area contributed by atoms with Crippen LogP contribution in [0.15, 0.2) is 27.8 Å². The van der Waals surface area contributed by atoms with Gasteiger partial charge in [0.05, 0.1) is 23.3 Å². The average molecular weight is 333 g/mol. The Morgan fingerprint density at radius 2 is 2.13 bits per heavy atom. The van der Waals surface area contributed by atoms with Crippen LogP contribution in [0, 0.1) is 6.92 Å². The second kappa shape index (κ2) is 7.92. The van der Waals surface area contributed by atoms with Gasteiger partial charge in [-0.15, -0.1) is 0 Å². The van der Waals surface area contributed by atoms with Gasteiger partial charge in [0, 0.05) is 6.54 Å². The minimum Gasteiger partial charge on any atom is -0.461 e. The van der Waals surface area contributed by atoms with Crippen molar-refractivity contribution in [2.75, 3.05) is 12.3 Å². The van der Waals surface area contributed by atoms with Crippen LogP contribution in [0.4, 0.5) is 0 Å². The molecular formula is C16H19N3O3S. The number of nitrogens with one attached hydrogen (secondary N) is 1. The molecule has 122 valence electrons. The van der Waals surface area contributed by atoms with Gasteiger partial charge in [0.15, 0.2) is 17.4 Å². The van der Waals surface area contributed by atoms with E-state index in [2.05, 4.69) is 15.3 Å². The van der Waals surface area contributed by atoms with Gasteiger partial charge in [0.1, 0.15) is 5.03 Å². The molecule has 0 bridgehead atoms. The maximum absolute atomic E-state index is 11.9. The van der Waals surface area contributed by atoms with Gasteiger partial charge in [0.25, 0.3) is 0 Å². The van der Waals surface area contributed by atoms with E-state index in [4.69, 9.17) is 4.42 Å². The molecule has 7 heteroatoms. The monoisotopic (exact) mass is 333 g/mol. The summed E-state index contributed by atoms with van der Waals surface area (Å²) in [6, 6.07) is 3.50. The van der Waals surface area contributed by atoms with E-state index in [0.29, 0.717) is 34.4 Å². The molecule has 23 heavy (non-hydrogen) atoms. The Hall–Kier alpha value is -2.15. The van der Waals surface area contributed by atoms with E-state index in [1.54, 1.807) is 19.1 Å². The predicted octanol–water partition coefficient (Wildman–Crippen LogP) is 2.87. The SMILES string of the molecule is CCCNC(=O)CSc1nc(-c2ccco2)nc(C)c1C(C)=O. The predicted molar refractivity (Wildman–Crippen MR) is 88.5 cm³/mol. The van der Waals surface area contributed by atoms with Gasteiger partial charge in [-0.3, -0.25) is 9.59 Å². The molecule has 0 fully saturated rings. The van der Waals surface area contributed by atoms with Crippen LogP contribution in [0.2, 0.25) is 0 Å². The fourth-order valence-electron chi connectivity index (χ4n) is 2.02. The first-order valence-corrected chi connectivity index (χ1v) is 8.34. The second-order valence-electron chi connectivity index (χ2n) is 4.98. The van der Waals surface area contributed by atoms with Gasteiger partial charge in [-0.1, -0.05) is 18.7 Å². The lowest BCUT2D eigenvalue weighted by molar-refractivity contribution is -0.118. The summed E-state index contributed by atoms with van der Waals surface area (Å²) >= 11 is 1.23. The number of Topliss-reactive ketones (excluding diaryl/α,β-unsaturated/α-hetero) is 1. The van der Waals surface area contributed by atoms with Crippen molar-refractivity contribution in [3.63, 3.8) is 0 Å². The maximum Gasteiger partial charge on any atom is 0.230 e. The van der Waals surface area contributed by atoms with E-state index >= 15 is 0 Å².